The molecule has 2 rings (SSSR count). The van der Waals surface area contributed by atoms with Gasteiger partial charge in [0.15, 0.2) is 0 Å². The molecule has 3 heteroatoms. The predicted molar refractivity (Wildman–Crippen MR) is 75.5 cm³/mol. The molecule has 0 aliphatic rings. The van der Waals surface area contributed by atoms with Crippen molar-refractivity contribution in [1.82, 2.24) is 0 Å². The highest BCUT2D eigenvalue weighted by Crippen LogP contribution is 2.30. The van der Waals surface area contributed by atoms with E-state index in [-0.39, 0.29) is 12.0 Å². The zero-order valence-electron chi connectivity index (χ0n) is 10.7. The van der Waals surface area contributed by atoms with Crippen molar-refractivity contribution in [2.45, 2.75) is 18.8 Å². The quantitative estimate of drug-likeness (QED) is 0.896. The summed E-state index contributed by atoms with van der Waals surface area (Å²) in [5, 5.41) is 11.8. The van der Waals surface area contributed by atoms with Crippen LogP contribution < -0.4 is 4.74 Å². The molecule has 18 heavy (non-hydrogen) atoms. The molecular weight excluding hydrogens is 244 g/mol. The van der Waals surface area contributed by atoms with Crippen molar-refractivity contribution in [1.29, 1.82) is 0 Å². The van der Waals surface area contributed by atoms with Crippen LogP contribution in [0.5, 0.6) is 5.75 Å². The Morgan fingerprint density at radius 1 is 1.22 bits per heavy atom. The molecule has 0 radical (unpaired) electrons. The van der Waals surface area contributed by atoms with Crippen LogP contribution >= 0.6 is 11.3 Å². The Morgan fingerprint density at radius 2 is 1.94 bits per heavy atom. The highest BCUT2D eigenvalue weighted by molar-refractivity contribution is 7.09. The van der Waals surface area contributed by atoms with Gasteiger partial charge in [-0.1, -0.05) is 25.1 Å². The lowest BCUT2D eigenvalue weighted by atomic mass is 9.80. The highest BCUT2D eigenvalue weighted by atomic mass is 32.1. The normalized spacial score (nSPS) is 14.2. The Hall–Kier alpha value is -1.32. The fourth-order valence-electron chi connectivity index (χ4n) is 2.04. The maximum Gasteiger partial charge on any atom is 0.118 e. The van der Waals surface area contributed by atoms with Crippen molar-refractivity contribution in [3.63, 3.8) is 0 Å². The molecule has 1 unspecified atom stereocenters. The monoisotopic (exact) mass is 262 g/mol. The van der Waals surface area contributed by atoms with E-state index >= 15 is 0 Å². The van der Waals surface area contributed by atoms with Gasteiger partial charge in [0.05, 0.1) is 13.7 Å². The number of rotatable bonds is 5. The second-order valence-corrected chi connectivity index (χ2v) is 5.74. The molecule has 2 aromatic rings. The molecule has 1 N–H and O–H groups in total. The number of ether oxygens (including phenoxy) is 1. The zero-order chi connectivity index (χ0) is 13.0. The Bertz CT molecular complexity index is 476. The van der Waals surface area contributed by atoms with E-state index in [0.717, 1.165) is 17.7 Å². The lowest BCUT2D eigenvalue weighted by molar-refractivity contribution is 0.205. The number of aliphatic hydroxyl groups is 1. The lowest BCUT2D eigenvalue weighted by Gasteiger charge is -2.27. The first-order valence-electron chi connectivity index (χ1n) is 5.96. The van der Waals surface area contributed by atoms with E-state index in [9.17, 15) is 5.11 Å². The molecule has 0 spiro atoms. The van der Waals surface area contributed by atoms with Gasteiger partial charge in [0.2, 0.25) is 0 Å². The molecule has 0 aliphatic heterocycles. The fourth-order valence-corrected chi connectivity index (χ4v) is 2.93. The van der Waals surface area contributed by atoms with Crippen molar-refractivity contribution < 1.29 is 9.84 Å². The Balaban J connectivity index is 2.24. The minimum absolute atomic E-state index is 0.136. The van der Waals surface area contributed by atoms with E-state index in [2.05, 4.69) is 18.4 Å². The minimum Gasteiger partial charge on any atom is -0.497 e. The van der Waals surface area contributed by atoms with Crippen molar-refractivity contribution in [3.8, 4) is 5.75 Å². The Labute approximate surface area is 112 Å². The second kappa shape index (κ2) is 5.55. The van der Waals surface area contributed by atoms with E-state index in [0.29, 0.717) is 0 Å². The molecule has 1 heterocycles. The smallest absolute Gasteiger partial charge is 0.118 e. The summed E-state index contributed by atoms with van der Waals surface area (Å²) >= 11 is 1.73. The molecule has 0 saturated carbocycles. The van der Waals surface area contributed by atoms with Gasteiger partial charge >= 0.3 is 0 Å². The van der Waals surface area contributed by atoms with Crippen LogP contribution in [-0.2, 0) is 11.8 Å². The lowest BCUT2D eigenvalue weighted by Crippen LogP contribution is -2.29. The average Bonchev–Trinajstić information content (AvgIpc) is 2.91. The van der Waals surface area contributed by atoms with Crippen LogP contribution in [0.2, 0.25) is 0 Å². The van der Waals surface area contributed by atoms with Crippen molar-refractivity contribution in [2.24, 2.45) is 0 Å². The number of methoxy groups -OCH3 is 1. The molecule has 0 fully saturated rings. The Kier molecular flexibility index (Phi) is 4.04. The van der Waals surface area contributed by atoms with E-state index in [1.165, 1.54) is 4.88 Å². The van der Waals surface area contributed by atoms with Crippen LogP contribution in [-0.4, -0.2) is 18.8 Å². The maximum atomic E-state index is 9.74. The van der Waals surface area contributed by atoms with E-state index in [4.69, 9.17) is 4.74 Å². The summed E-state index contributed by atoms with van der Waals surface area (Å²) in [6.07, 6.45) is 0.855. The number of hydrogen-bond acceptors (Lipinski definition) is 3. The summed E-state index contributed by atoms with van der Waals surface area (Å²) in [6.45, 7) is 2.23. The SMILES string of the molecule is COc1ccc(C(C)(CO)Cc2cccs2)cc1. The topological polar surface area (TPSA) is 29.5 Å². The average molecular weight is 262 g/mol. The summed E-state index contributed by atoms with van der Waals surface area (Å²) < 4.78 is 5.16. The van der Waals surface area contributed by atoms with E-state index in [1.807, 2.05) is 30.3 Å². The van der Waals surface area contributed by atoms with Gasteiger partial charge in [-0.2, -0.15) is 0 Å². The largest absolute Gasteiger partial charge is 0.497 e. The zero-order valence-corrected chi connectivity index (χ0v) is 11.5. The van der Waals surface area contributed by atoms with Crippen LogP contribution in [0.3, 0.4) is 0 Å². The molecule has 0 aliphatic carbocycles. The van der Waals surface area contributed by atoms with Crippen LogP contribution in [0.1, 0.15) is 17.4 Å². The molecule has 0 saturated heterocycles. The van der Waals surface area contributed by atoms with Gasteiger partial charge < -0.3 is 9.84 Å². The van der Waals surface area contributed by atoms with Crippen LogP contribution in [0.25, 0.3) is 0 Å². The first-order chi connectivity index (χ1) is 8.68. The van der Waals surface area contributed by atoms with Crippen LogP contribution in [0.4, 0.5) is 0 Å². The number of thiophene rings is 1. The van der Waals surface area contributed by atoms with Gasteiger partial charge in [0.1, 0.15) is 5.75 Å². The van der Waals surface area contributed by atoms with Crippen molar-refractivity contribution in [2.75, 3.05) is 13.7 Å². The molecule has 96 valence electrons. The van der Waals surface area contributed by atoms with Gasteiger partial charge in [-0.05, 0) is 35.6 Å². The van der Waals surface area contributed by atoms with Crippen LogP contribution in [0, 0.1) is 0 Å². The highest BCUT2D eigenvalue weighted by Gasteiger charge is 2.26. The first-order valence-corrected chi connectivity index (χ1v) is 6.84. The van der Waals surface area contributed by atoms with Gasteiger partial charge in [-0.3, -0.25) is 0 Å². The van der Waals surface area contributed by atoms with Crippen molar-refractivity contribution in [3.05, 3.63) is 52.2 Å². The van der Waals surface area contributed by atoms with Crippen molar-refractivity contribution >= 4 is 11.3 Å². The molecule has 0 bridgehead atoms. The minimum atomic E-state index is -0.239. The second-order valence-electron chi connectivity index (χ2n) is 4.70. The van der Waals surface area contributed by atoms with Gasteiger partial charge in [-0.25, -0.2) is 0 Å². The summed E-state index contributed by atoms with van der Waals surface area (Å²) in [7, 11) is 1.66. The number of aliphatic hydroxyl groups excluding tert-OH is 1. The summed E-state index contributed by atoms with van der Waals surface area (Å²) in [6, 6.07) is 12.1. The number of benzene rings is 1. The third-order valence-corrected chi connectivity index (χ3v) is 4.16. The van der Waals surface area contributed by atoms with Gasteiger partial charge in [0.25, 0.3) is 0 Å². The predicted octanol–water partition coefficient (Wildman–Crippen LogP) is 3.25. The first kappa shape index (κ1) is 13.1. The fraction of sp³-hybridized carbons (Fsp3) is 0.333. The molecule has 1 aromatic heterocycles. The Morgan fingerprint density at radius 3 is 2.44 bits per heavy atom. The van der Waals surface area contributed by atoms with Gasteiger partial charge in [-0.15, -0.1) is 11.3 Å². The number of hydrogen-bond donors (Lipinski definition) is 1. The molecule has 0 amide bonds. The summed E-state index contributed by atoms with van der Waals surface area (Å²) in [5.74, 6) is 0.843. The molecule has 1 aromatic carbocycles. The third-order valence-electron chi connectivity index (χ3n) is 3.28. The summed E-state index contributed by atoms with van der Waals surface area (Å²) in [5.41, 5.74) is 0.899. The van der Waals surface area contributed by atoms with Crippen LogP contribution in [0.15, 0.2) is 41.8 Å². The molecular formula is C15H18O2S. The molecule has 2 nitrogen and oxygen atoms in total. The van der Waals surface area contributed by atoms with E-state index < -0.39 is 0 Å². The summed E-state index contributed by atoms with van der Waals surface area (Å²) in [4.78, 5) is 1.29. The van der Waals surface area contributed by atoms with E-state index in [1.54, 1.807) is 18.4 Å². The third kappa shape index (κ3) is 2.74. The maximum absolute atomic E-state index is 9.74. The van der Waals surface area contributed by atoms with Gasteiger partial charge in [0, 0.05) is 10.3 Å². The standard InChI is InChI=1S/C15H18O2S/c1-15(11-16,10-14-4-3-9-18-14)12-5-7-13(17-2)8-6-12/h3-9,16H,10-11H2,1-2H3. The molecule has 1 atom stereocenters.